The third kappa shape index (κ3) is 6.78. The van der Waals surface area contributed by atoms with E-state index in [-0.39, 0.29) is 40.9 Å². The van der Waals surface area contributed by atoms with E-state index in [4.69, 9.17) is 0 Å². The van der Waals surface area contributed by atoms with Crippen molar-refractivity contribution < 1.29 is 16.8 Å². The van der Waals surface area contributed by atoms with E-state index in [1.165, 1.54) is 11.3 Å². The van der Waals surface area contributed by atoms with Gasteiger partial charge in [-0.2, -0.15) is 0 Å². The second-order valence-corrected chi connectivity index (χ2v) is 11.2. The largest absolute Gasteiger partial charge is 0.316 e. The molecule has 2 heterocycles. The predicted octanol–water partition coefficient (Wildman–Crippen LogP) is 0.928. The second-order valence-electron chi connectivity index (χ2n) is 5.97. The minimum atomic E-state index is -3.53. The number of piperidine rings is 1. The summed E-state index contributed by atoms with van der Waals surface area (Å²) < 4.78 is 53.3. The zero-order valence-corrected chi connectivity index (χ0v) is 17.6. The SMILES string of the molecule is CCS(=O)(=O)NCCc1ccc(S(=O)(=O)NC2CCNCC2C)s1.Cl. The van der Waals surface area contributed by atoms with Crippen molar-refractivity contribution in [1.29, 1.82) is 0 Å². The maximum absolute atomic E-state index is 12.5. The normalized spacial score (nSPS) is 21.7. The first-order chi connectivity index (χ1) is 11.2. The van der Waals surface area contributed by atoms with Crippen LogP contribution >= 0.6 is 23.7 Å². The molecule has 2 rings (SSSR count). The van der Waals surface area contributed by atoms with Gasteiger partial charge in [-0.15, -0.1) is 23.7 Å². The van der Waals surface area contributed by atoms with Crippen LogP contribution in [0.2, 0.25) is 0 Å². The van der Waals surface area contributed by atoms with Gasteiger partial charge in [0.2, 0.25) is 20.0 Å². The smallest absolute Gasteiger partial charge is 0.250 e. The van der Waals surface area contributed by atoms with Crippen molar-refractivity contribution in [3.8, 4) is 0 Å². The van der Waals surface area contributed by atoms with Crippen LogP contribution < -0.4 is 14.8 Å². The number of hydrogen-bond donors (Lipinski definition) is 3. The van der Waals surface area contributed by atoms with Crippen molar-refractivity contribution in [2.75, 3.05) is 25.4 Å². The Kier molecular flexibility index (Phi) is 8.79. The summed E-state index contributed by atoms with van der Waals surface area (Å²) in [6, 6.07) is 3.27. The van der Waals surface area contributed by atoms with Crippen molar-refractivity contribution >= 4 is 43.8 Å². The highest BCUT2D eigenvalue weighted by Gasteiger charge is 2.27. The quantitative estimate of drug-likeness (QED) is 0.568. The molecular formula is C14H26ClN3O4S3. The Balaban J connectivity index is 0.00000312. The maximum atomic E-state index is 12.5. The summed E-state index contributed by atoms with van der Waals surface area (Å²) in [6.45, 7) is 5.49. The molecule has 0 radical (unpaired) electrons. The van der Waals surface area contributed by atoms with Crippen LogP contribution in [0, 0.1) is 5.92 Å². The minimum absolute atomic E-state index is 0. The summed E-state index contributed by atoms with van der Waals surface area (Å²) in [5.74, 6) is 0.284. The average Bonchev–Trinajstić information content (AvgIpc) is 2.99. The van der Waals surface area contributed by atoms with Gasteiger partial charge in [0.05, 0.1) is 5.75 Å². The first kappa shape index (κ1) is 22.8. The molecule has 1 aliphatic rings. The third-order valence-electron chi connectivity index (χ3n) is 4.07. The van der Waals surface area contributed by atoms with Crippen LogP contribution in [0.5, 0.6) is 0 Å². The van der Waals surface area contributed by atoms with E-state index in [0.29, 0.717) is 6.42 Å². The number of thiophene rings is 1. The zero-order valence-electron chi connectivity index (χ0n) is 14.3. The fourth-order valence-electron chi connectivity index (χ4n) is 2.52. The lowest BCUT2D eigenvalue weighted by atomic mass is 9.97. The van der Waals surface area contributed by atoms with E-state index in [0.717, 1.165) is 24.4 Å². The van der Waals surface area contributed by atoms with Gasteiger partial charge < -0.3 is 5.32 Å². The molecular weight excluding hydrogens is 406 g/mol. The molecule has 0 saturated carbocycles. The monoisotopic (exact) mass is 431 g/mol. The van der Waals surface area contributed by atoms with Crippen molar-refractivity contribution in [3.63, 3.8) is 0 Å². The molecule has 1 aromatic heterocycles. The number of sulfonamides is 2. The molecule has 1 aromatic rings. The van der Waals surface area contributed by atoms with Crippen LogP contribution in [0.15, 0.2) is 16.3 Å². The lowest BCUT2D eigenvalue weighted by molar-refractivity contribution is 0.328. The van der Waals surface area contributed by atoms with Crippen LogP contribution in [0.1, 0.15) is 25.1 Å². The van der Waals surface area contributed by atoms with Gasteiger partial charge in [0.25, 0.3) is 0 Å². The molecule has 25 heavy (non-hydrogen) atoms. The fourth-order valence-corrected chi connectivity index (χ4v) is 5.88. The third-order valence-corrected chi connectivity index (χ3v) is 8.60. The van der Waals surface area contributed by atoms with Crippen molar-refractivity contribution in [1.82, 2.24) is 14.8 Å². The van der Waals surface area contributed by atoms with Crippen LogP contribution in [0.25, 0.3) is 0 Å². The first-order valence-electron chi connectivity index (χ1n) is 8.02. The van der Waals surface area contributed by atoms with E-state index in [1.54, 1.807) is 19.1 Å². The summed E-state index contributed by atoms with van der Waals surface area (Å²) in [4.78, 5) is 0.840. The van der Waals surface area contributed by atoms with Gasteiger partial charge in [-0.3, -0.25) is 0 Å². The van der Waals surface area contributed by atoms with Gasteiger partial charge in [-0.1, -0.05) is 6.92 Å². The van der Waals surface area contributed by atoms with Crippen LogP contribution in [-0.2, 0) is 26.5 Å². The highest BCUT2D eigenvalue weighted by atomic mass is 35.5. The Morgan fingerprint density at radius 1 is 1.28 bits per heavy atom. The molecule has 0 spiro atoms. The molecule has 1 saturated heterocycles. The summed E-state index contributed by atoms with van der Waals surface area (Å²) in [6.07, 6.45) is 1.25. The van der Waals surface area contributed by atoms with Gasteiger partial charge in [0.15, 0.2) is 0 Å². The molecule has 7 nitrogen and oxygen atoms in total. The molecule has 0 bridgehead atoms. The lowest BCUT2D eigenvalue weighted by Crippen LogP contribution is -2.48. The lowest BCUT2D eigenvalue weighted by Gasteiger charge is -2.29. The Morgan fingerprint density at radius 3 is 2.64 bits per heavy atom. The minimum Gasteiger partial charge on any atom is -0.316 e. The topological polar surface area (TPSA) is 104 Å². The Hall–Kier alpha value is -0.230. The molecule has 0 aliphatic carbocycles. The molecule has 3 N–H and O–H groups in total. The average molecular weight is 432 g/mol. The second kappa shape index (κ2) is 9.63. The van der Waals surface area contributed by atoms with Crippen molar-refractivity contribution in [2.45, 2.75) is 36.9 Å². The van der Waals surface area contributed by atoms with Crippen molar-refractivity contribution in [2.24, 2.45) is 5.92 Å². The first-order valence-corrected chi connectivity index (χ1v) is 12.0. The van der Waals surface area contributed by atoms with E-state index in [2.05, 4.69) is 14.8 Å². The Bertz CT molecular complexity index is 749. The van der Waals surface area contributed by atoms with Gasteiger partial charge in [-0.25, -0.2) is 26.3 Å². The van der Waals surface area contributed by atoms with Gasteiger partial charge in [0.1, 0.15) is 4.21 Å². The van der Waals surface area contributed by atoms with Crippen molar-refractivity contribution in [3.05, 3.63) is 17.0 Å². The van der Waals surface area contributed by atoms with Crippen LogP contribution in [-0.4, -0.2) is 48.3 Å². The standard InChI is InChI=1S/C14H25N3O4S3.ClH/c1-3-23(18,19)16-9-6-12-4-5-14(22-12)24(20,21)17-13-7-8-15-10-11(13)2;/h4-5,11,13,15-17H,3,6-10H2,1-2H3;1H. The summed E-state index contributed by atoms with van der Waals surface area (Å²) in [5.41, 5.74) is 0. The predicted molar refractivity (Wildman–Crippen MR) is 103 cm³/mol. The number of rotatable bonds is 8. The molecule has 11 heteroatoms. The maximum Gasteiger partial charge on any atom is 0.250 e. The van der Waals surface area contributed by atoms with Gasteiger partial charge >= 0.3 is 0 Å². The summed E-state index contributed by atoms with van der Waals surface area (Å²) in [5, 5.41) is 3.25. The number of halogens is 1. The Morgan fingerprint density at radius 2 is 2.00 bits per heavy atom. The van der Waals surface area contributed by atoms with Gasteiger partial charge in [-0.05, 0) is 50.9 Å². The molecule has 146 valence electrons. The van der Waals surface area contributed by atoms with Gasteiger partial charge in [0, 0.05) is 17.5 Å². The molecule has 1 aliphatic heterocycles. The van der Waals surface area contributed by atoms with E-state index >= 15 is 0 Å². The molecule has 1 fully saturated rings. The number of nitrogens with one attached hydrogen (secondary N) is 3. The molecule has 0 aromatic carbocycles. The fraction of sp³-hybridized carbons (Fsp3) is 0.714. The highest BCUT2D eigenvalue weighted by molar-refractivity contribution is 7.91. The molecule has 2 atom stereocenters. The summed E-state index contributed by atoms with van der Waals surface area (Å²) >= 11 is 1.19. The van der Waals surface area contributed by atoms with E-state index in [9.17, 15) is 16.8 Å². The zero-order chi connectivity index (χ0) is 17.8. The molecule has 2 unspecified atom stereocenters. The van der Waals surface area contributed by atoms with Crippen LogP contribution in [0.4, 0.5) is 0 Å². The summed E-state index contributed by atoms with van der Waals surface area (Å²) in [7, 11) is -6.75. The Labute approximate surface area is 160 Å². The van der Waals surface area contributed by atoms with E-state index < -0.39 is 20.0 Å². The molecule has 0 amide bonds. The number of hydrogen-bond acceptors (Lipinski definition) is 6. The highest BCUT2D eigenvalue weighted by Crippen LogP contribution is 2.23. The van der Waals surface area contributed by atoms with Crippen LogP contribution in [0.3, 0.4) is 0 Å². The van der Waals surface area contributed by atoms with E-state index in [1.807, 2.05) is 6.92 Å².